The van der Waals surface area contributed by atoms with Crippen molar-refractivity contribution >= 4 is 5.97 Å². The molecule has 0 radical (unpaired) electrons. The van der Waals surface area contributed by atoms with Crippen molar-refractivity contribution in [3.8, 4) is 11.3 Å². The van der Waals surface area contributed by atoms with Gasteiger partial charge in [-0.25, -0.2) is 9.18 Å². The molecule has 110 valence electrons. The SMILES string of the molecule is Cc1ccc(F)cc1-c1noc(C2CCCC2)c1C(=O)O. The zero-order valence-electron chi connectivity index (χ0n) is 11.7. The van der Waals surface area contributed by atoms with Crippen molar-refractivity contribution in [3.05, 3.63) is 40.9 Å². The minimum atomic E-state index is -1.07. The van der Waals surface area contributed by atoms with Crippen LogP contribution in [0.2, 0.25) is 0 Å². The summed E-state index contributed by atoms with van der Waals surface area (Å²) in [7, 11) is 0. The fraction of sp³-hybridized carbons (Fsp3) is 0.375. The Morgan fingerprint density at radius 2 is 2.10 bits per heavy atom. The summed E-state index contributed by atoms with van der Waals surface area (Å²) >= 11 is 0. The largest absolute Gasteiger partial charge is 0.477 e. The van der Waals surface area contributed by atoms with E-state index in [1.807, 2.05) is 0 Å². The van der Waals surface area contributed by atoms with E-state index < -0.39 is 11.8 Å². The first-order valence-corrected chi connectivity index (χ1v) is 7.07. The van der Waals surface area contributed by atoms with E-state index in [4.69, 9.17) is 4.52 Å². The van der Waals surface area contributed by atoms with Gasteiger partial charge in [0, 0.05) is 11.5 Å². The lowest BCUT2D eigenvalue weighted by Gasteiger charge is -2.06. The van der Waals surface area contributed by atoms with Crippen LogP contribution in [0.25, 0.3) is 11.3 Å². The fourth-order valence-corrected chi connectivity index (χ4v) is 3.01. The maximum absolute atomic E-state index is 13.5. The third-order valence-electron chi connectivity index (χ3n) is 4.11. The summed E-state index contributed by atoms with van der Waals surface area (Å²) in [5.41, 5.74) is 1.54. The molecule has 1 aliphatic carbocycles. The Bertz CT molecular complexity index is 687. The molecule has 0 aliphatic heterocycles. The molecule has 1 fully saturated rings. The van der Waals surface area contributed by atoms with Gasteiger partial charge in [0.2, 0.25) is 0 Å². The molecule has 2 aromatic rings. The number of hydrogen-bond acceptors (Lipinski definition) is 3. The van der Waals surface area contributed by atoms with E-state index in [1.54, 1.807) is 13.0 Å². The van der Waals surface area contributed by atoms with Crippen molar-refractivity contribution in [2.24, 2.45) is 0 Å². The number of nitrogens with zero attached hydrogens (tertiary/aromatic N) is 1. The van der Waals surface area contributed by atoms with Crippen LogP contribution in [0.3, 0.4) is 0 Å². The quantitative estimate of drug-likeness (QED) is 0.922. The second-order valence-electron chi connectivity index (χ2n) is 5.52. The first-order chi connectivity index (χ1) is 10.1. The van der Waals surface area contributed by atoms with Gasteiger partial charge >= 0.3 is 5.97 Å². The van der Waals surface area contributed by atoms with Crippen molar-refractivity contribution in [2.45, 2.75) is 38.5 Å². The third-order valence-corrected chi connectivity index (χ3v) is 4.11. The van der Waals surface area contributed by atoms with Gasteiger partial charge in [-0.1, -0.05) is 24.1 Å². The summed E-state index contributed by atoms with van der Waals surface area (Å²) in [4.78, 5) is 11.6. The van der Waals surface area contributed by atoms with Crippen LogP contribution in [0.1, 0.15) is 53.3 Å². The van der Waals surface area contributed by atoms with E-state index in [2.05, 4.69) is 5.16 Å². The molecule has 4 nitrogen and oxygen atoms in total. The summed E-state index contributed by atoms with van der Waals surface area (Å²) in [6.07, 6.45) is 3.96. The van der Waals surface area contributed by atoms with Gasteiger partial charge in [-0.15, -0.1) is 0 Å². The Kier molecular flexibility index (Phi) is 3.49. The van der Waals surface area contributed by atoms with Crippen molar-refractivity contribution in [1.82, 2.24) is 5.16 Å². The van der Waals surface area contributed by atoms with E-state index in [9.17, 15) is 14.3 Å². The number of carboxylic acid groups (broad SMARTS) is 1. The molecule has 1 aliphatic rings. The molecule has 0 spiro atoms. The van der Waals surface area contributed by atoms with Gasteiger partial charge in [0.1, 0.15) is 17.1 Å². The van der Waals surface area contributed by atoms with Crippen LogP contribution in [0.15, 0.2) is 22.7 Å². The van der Waals surface area contributed by atoms with Crippen LogP contribution < -0.4 is 0 Å². The Labute approximate surface area is 121 Å². The van der Waals surface area contributed by atoms with E-state index in [-0.39, 0.29) is 17.2 Å². The van der Waals surface area contributed by atoms with Crippen LogP contribution in [-0.4, -0.2) is 16.2 Å². The number of benzene rings is 1. The zero-order valence-corrected chi connectivity index (χ0v) is 11.7. The van der Waals surface area contributed by atoms with Crippen molar-refractivity contribution in [2.75, 3.05) is 0 Å². The molecule has 1 N–H and O–H groups in total. The van der Waals surface area contributed by atoms with Gasteiger partial charge < -0.3 is 9.63 Å². The molecule has 0 bridgehead atoms. The first-order valence-electron chi connectivity index (χ1n) is 7.07. The lowest BCUT2D eigenvalue weighted by atomic mass is 9.96. The fourth-order valence-electron chi connectivity index (χ4n) is 3.01. The molecule has 1 aromatic carbocycles. The van der Waals surface area contributed by atoms with E-state index in [0.29, 0.717) is 11.3 Å². The van der Waals surface area contributed by atoms with E-state index >= 15 is 0 Å². The monoisotopic (exact) mass is 289 g/mol. The number of halogens is 1. The van der Waals surface area contributed by atoms with Crippen LogP contribution in [0, 0.1) is 12.7 Å². The number of hydrogen-bond donors (Lipinski definition) is 1. The molecule has 0 saturated heterocycles. The van der Waals surface area contributed by atoms with Crippen molar-refractivity contribution < 1.29 is 18.8 Å². The Hall–Kier alpha value is -2.17. The van der Waals surface area contributed by atoms with Crippen LogP contribution in [0.5, 0.6) is 0 Å². The number of aryl methyl sites for hydroxylation is 1. The number of aromatic nitrogens is 1. The lowest BCUT2D eigenvalue weighted by Crippen LogP contribution is -2.04. The molecule has 1 aromatic heterocycles. The lowest BCUT2D eigenvalue weighted by molar-refractivity contribution is 0.0694. The molecule has 21 heavy (non-hydrogen) atoms. The second kappa shape index (κ2) is 5.31. The van der Waals surface area contributed by atoms with E-state index in [0.717, 1.165) is 31.2 Å². The number of carbonyl (C=O) groups is 1. The summed E-state index contributed by atoms with van der Waals surface area (Å²) < 4.78 is 18.8. The highest BCUT2D eigenvalue weighted by Gasteiger charge is 2.31. The minimum Gasteiger partial charge on any atom is -0.477 e. The van der Waals surface area contributed by atoms with Gasteiger partial charge in [-0.3, -0.25) is 0 Å². The smallest absolute Gasteiger partial charge is 0.341 e. The van der Waals surface area contributed by atoms with Crippen molar-refractivity contribution in [1.29, 1.82) is 0 Å². The number of rotatable bonds is 3. The average molecular weight is 289 g/mol. The minimum absolute atomic E-state index is 0.0793. The summed E-state index contributed by atoms with van der Waals surface area (Å²) in [6, 6.07) is 4.26. The predicted octanol–water partition coefficient (Wildman–Crippen LogP) is 4.14. The molecular weight excluding hydrogens is 273 g/mol. The summed E-state index contributed by atoms with van der Waals surface area (Å²) in [5.74, 6) is -0.959. The second-order valence-corrected chi connectivity index (χ2v) is 5.52. The average Bonchev–Trinajstić information content (AvgIpc) is 3.08. The van der Waals surface area contributed by atoms with Gasteiger partial charge in [0.15, 0.2) is 5.76 Å². The van der Waals surface area contributed by atoms with Gasteiger partial charge in [0.05, 0.1) is 0 Å². The predicted molar refractivity (Wildman–Crippen MR) is 74.8 cm³/mol. The molecular formula is C16H16FNO3. The maximum Gasteiger partial charge on any atom is 0.341 e. The number of carboxylic acids is 1. The highest BCUT2D eigenvalue weighted by molar-refractivity contribution is 5.96. The van der Waals surface area contributed by atoms with Crippen LogP contribution >= 0.6 is 0 Å². The Morgan fingerprint density at radius 3 is 2.76 bits per heavy atom. The van der Waals surface area contributed by atoms with E-state index in [1.165, 1.54) is 12.1 Å². The Morgan fingerprint density at radius 1 is 1.38 bits per heavy atom. The summed E-state index contributed by atoms with van der Waals surface area (Å²) in [6.45, 7) is 1.80. The normalized spacial score (nSPS) is 15.5. The van der Waals surface area contributed by atoms with Gasteiger partial charge in [-0.2, -0.15) is 0 Å². The van der Waals surface area contributed by atoms with Gasteiger partial charge in [-0.05, 0) is 37.5 Å². The molecule has 1 heterocycles. The number of aromatic carboxylic acids is 1. The first kappa shape index (κ1) is 13.8. The highest BCUT2D eigenvalue weighted by Crippen LogP contribution is 2.39. The topological polar surface area (TPSA) is 63.3 Å². The molecule has 5 heteroatoms. The molecule has 3 rings (SSSR count). The molecule has 0 atom stereocenters. The maximum atomic E-state index is 13.5. The molecule has 0 unspecified atom stereocenters. The standard InChI is InChI=1S/C16H16FNO3/c1-9-6-7-11(17)8-12(9)14-13(16(19)20)15(21-18-14)10-4-2-3-5-10/h6-8,10H,2-5H2,1H3,(H,19,20). The Balaban J connectivity index is 2.14. The van der Waals surface area contributed by atoms with Crippen LogP contribution in [0.4, 0.5) is 4.39 Å². The highest BCUT2D eigenvalue weighted by atomic mass is 19.1. The molecule has 0 amide bonds. The third kappa shape index (κ3) is 2.44. The summed E-state index contributed by atoms with van der Waals surface area (Å²) in [5, 5.41) is 13.5. The molecule has 1 saturated carbocycles. The van der Waals surface area contributed by atoms with Crippen LogP contribution in [-0.2, 0) is 0 Å². The van der Waals surface area contributed by atoms with Gasteiger partial charge in [0.25, 0.3) is 0 Å². The zero-order chi connectivity index (χ0) is 15.0. The van der Waals surface area contributed by atoms with Crippen molar-refractivity contribution in [3.63, 3.8) is 0 Å².